The second-order valence-electron chi connectivity index (χ2n) is 4.65. The number of nitrogens with one attached hydrogen (secondary N) is 1. The van der Waals surface area contributed by atoms with Crippen LogP contribution in [0.1, 0.15) is 27.7 Å². The van der Waals surface area contributed by atoms with E-state index in [0.717, 1.165) is 0 Å². The highest BCUT2D eigenvalue weighted by Crippen LogP contribution is 2.09. The number of carbonyl (C=O) groups is 2. The summed E-state index contributed by atoms with van der Waals surface area (Å²) < 4.78 is 5.20. The van der Waals surface area contributed by atoms with Crippen molar-refractivity contribution in [2.45, 2.75) is 27.7 Å². The molecular weight excluding hydrogens is 248 g/mol. The van der Waals surface area contributed by atoms with Crippen LogP contribution in [0.4, 0.5) is 4.79 Å². The van der Waals surface area contributed by atoms with Crippen LogP contribution in [0.25, 0.3) is 0 Å². The molecule has 2 N–H and O–H groups in total. The van der Waals surface area contributed by atoms with Crippen LogP contribution in [0.15, 0.2) is 0 Å². The van der Waals surface area contributed by atoms with Gasteiger partial charge in [-0.15, -0.1) is 0 Å². The van der Waals surface area contributed by atoms with Crippen molar-refractivity contribution in [2.24, 2.45) is 11.8 Å². The summed E-state index contributed by atoms with van der Waals surface area (Å²) in [5.74, 6) is -1.46. The minimum absolute atomic E-state index is 0.0173. The number of aliphatic carboxylic acids is 1. The Bertz CT molecular complexity index is 282. The van der Waals surface area contributed by atoms with Gasteiger partial charge in [-0.25, -0.2) is 4.79 Å². The fraction of sp³-hybridized carbons (Fsp3) is 0.846. The van der Waals surface area contributed by atoms with Gasteiger partial charge in [0.2, 0.25) is 0 Å². The lowest BCUT2D eigenvalue weighted by Gasteiger charge is -2.23. The molecule has 0 fully saturated rings. The van der Waals surface area contributed by atoms with Crippen molar-refractivity contribution in [1.82, 2.24) is 10.2 Å². The molecule has 0 heterocycles. The van der Waals surface area contributed by atoms with Crippen LogP contribution in [0, 0.1) is 11.8 Å². The predicted molar refractivity (Wildman–Crippen MR) is 73.1 cm³/mol. The minimum Gasteiger partial charge on any atom is -0.481 e. The molecule has 1 unspecified atom stereocenters. The number of amides is 2. The molecule has 0 rings (SSSR count). The fourth-order valence-corrected chi connectivity index (χ4v) is 1.64. The normalized spacial score (nSPS) is 12.3. The zero-order chi connectivity index (χ0) is 14.8. The van der Waals surface area contributed by atoms with Crippen LogP contribution in [-0.4, -0.2) is 54.9 Å². The molecule has 0 aliphatic rings. The van der Waals surface area contributed by atoms with Gasteiger partial charge in [0.05, 0.1) is 12.5 Å². The molecule has 0 aromatic rings. The van der Waals surface area contributed by atoms with Crippen molar-refractivity contribution in [3.8, 4) is 0 Å². The summed E-state index contributed by atoms with van der Waals surface area (Å²) in [5, 5.41) is 11.7. The van der Waals surface area contributed by atoms with Crippen LogP contribution >= 0.6 is 0 Å². The summed E-state index contributed by atoms with van der Waals surface area (Å²) in [6, 6.07) is -0.242. The van der Waals surface area contributed by atoms with E-state index in [-0.39, 0.29) is 18.5 Å². The molecule has 0 radical (unpaired) electrons. The molecule has 0 saturated heterocycles. The number of rotatable bonds is 9. The van der Waals surface area contributed by atoms with Crippen LogP contribution in [0.2, 0.25) is 0 Å². The minimum atomic E-state index is -0.882. The van der Waals surface area contributed by atoms with E-state index in [4.69, 9.17) is 9.84 Å². The first-order valence-corrected chi connectivity index (χ1v) is 6.77. The zero-order valence-electron chi connectivity index (χ0n) is 12.3. The molecule has 0 spiro atoms. The number of hydrogen-bond donors (Lipinski definition) is 2. The Hall–Kier alpha value is -1.30. The van der Waals surface area contributed by atoms with E-state index in [0.29, 0.717) is 26.3 Å². The number of urea groups is 1. The van der Waals surface area contributed by atoms with Gasteiger partial charge in [-0.1, -0.05) is 13.8 Å². The first kappa shape index (κ1) is 17.7. The van der Waals surface area contributed by atoms with Crippen molar-refractivity contribution in [3.63, 3.8) is 0 Å². The van der Waals surface area contributed by atoms with E-state index >= 15 is 0 Å². The number of ether oxygens (including phenoxy) is 1. The van der Waals surface area contributed by atoms with Gasteiger partial charge < -0.3 is 20.1 Å². The number of carbonyl (C=O) groups excluding carboxylic acids is 1. The quantitative estimate of drug-likeness (QED) is 0.623. The van der Waals surface area contributed by atoms with E-state index in [1.54, 1.807) is 4.90 Å². The first-order valence-electron chi connectivity index (χ1n) is 6.77. The van der Waals surface area contributed by atoms with Crippen LogP contribution in [-0.2, 0) is 9.53 Å². The molecule has 2 amide bonds. The summed E-state index contributed by atoms with van der Waals surface area (Å²) in [7, 11) is 0. The van der Waals surface area contributed by atoms with Crippen molar-refractivity contribution >= 4 is 12.0 Å². The molecular formula is C13H26N2O4. The lowest BCUT2D eigenvalue weighted by molar-refractivity contribution is -0.142. The van der Waals surface area contributed by atoms with Crippen LogP contribution in [0.3, 0.4) is 0 Å². The highest BCUT2D eigenvalue weighted by Gasteiger charge is 2.22. The van der Waals surface area contributed by atoms with Gasteiger partial charge in [0, 0.05) is 26.2 Å². The van der Waals surface area contributed by atoms with Crippen molar-refractivity contribution in [3.05, 3.63) is 0 Å². The van der Waals surface area contributed by atoms with Crippen molar-refractivity contribution in [2.75, 3.05) is 32.8 Å². The Morgan fingerprint density at radius 1 is 1.32 bits per heavy atom. The van der Waals surface area contributed by atoms with E-state index < -0.39 is 11.9 Å². The second-order valence-corrected chi connectivity index (χ2v) is 4.65. The monoisotopic (exact) mass is 274 g/mol. The first-order chi connectivity index (χ1) is 8.93. The molecule has 19 heavy (non-hydrogen) atoms. The van der Waals surface area contributed by atoms with E-state index in [1.807, 2.05) is 27.7 Å². The van der Waals surface area contributed by atoms with Gasteiger partial charge >= 0.3 is 12.0 Å². The Morgan fingerprint density at radius 2 is 1.95 bits per heavy atom. The molecule has 0 aliphatic heterocycles. The predicted octanol–water partition coefficient (Wildman–Crippen LogP) is 1.41. The van der Waals surface area contributed by atoms with Crippen LogP contribution in [0.5, 0.6) is 0 Å². The fourth-order valence-electron chi connectivity index (χ4n) is 1.64. The lowest BCUT2D eigenvalue weighted by Crippen LogP contribution is -2.45. The average Bonchev–Trinajstić information content (AvgIpc) is 2.33. The standard InChI is InChI=1S/C13H26N2O4/c1-5-15(7-8-19-6-2)13(18)14-9-11(10(3)4)12(16)17/h10-11H,5-9H2,1-4H3,(H,14,18)(H,16,17). The van der Waals surface area contributed by atoms with Crippen molar-refractivity contribution < 1.29 is 19.4 Å². The third-order valence-corrected chi connectivity index (χ3v) is 2.97. The molecule has 1 atom stereocenters. The third kappa shape index (κ3) is 7.00. The SMILES string of the molecule is CCOCCN(CC)C(=O)NCC(C(=O)O)C(C)C. The Labute approximate surface area is 115 Å². The smallest absolute Gasteiger partial charge is 0.317 e. The Kier molecular flexibility index (Phi) is 8.95. The summed E-state index contributed by atoms with van der Waals surface area (Å²) in [5.41, 5.74) is 0. The zero-order valence-corrected chi connectivity index (χ0v) is 12.3. The molecule has 112 valence electrons. The maximum atomic E-state index is 11.9. The third-order valence-electron chi connectivity index (χ3n) is 2.97. The topological polar surface area (TPSA) is 78.9 Å². The molecule has 0 aliphatic carbocycles. The van der Waals surface area contributed by atoms with Gasteiger partial charge in [-0.05, 0) is 19.8 Å². The lowest BCUT2D eigenvalue weighted by atomic mass is 9.96. The molecule has 0 aromatic carbocycles. The van der Waals surface area contributed by atoms with Crippen molar-refractivity contribution in [1.29, 1.82) is 0 Å². The average molecular weight is 274 g/mol. The number of carboxylic acids is 1. The van der Waals surface area contributed by atoms with Crippen LogP contribution < -0.4 is 5.32 Å². The largest absolute Gasteiger partial charge is 0.481 e. The van der Waals surface area contributed by atoms with Gasteiger partial charge in [-0.2, -0.15) is 0 Å². The van der Waals surface area contributed by atoms with E-state index in [2.05, 4.69) is 5.32 Å². The molecule has 0 bridgehead atoms. The van der Waals surface area contributed by atoms with Gasteiger partial charge in [0.15, 0.2) is 0 Å². The van der Waals surface area contributed by atoms with E-state index in [9.17, 15) is 9.59 Å². The summed E-state index contributed by atoms with van der Waals surface area (Å²) in [6.45, 7) is 9.77. The molecule has 0 saturated carbocycles. The molecule has 6 heteroatoms. The van der Waals surface area contributed by atoms with Gasteiger partial charge in [0.25, 0.3) is 0 Å². The summed E-state index contributed by atoms with van der Waals surface area (Å²) in [4.78, 5) is 24.5. The molecule has 6 nitrogen and oxygen atoms in total. The summed E-state index contributed by atoms with van der Waals surface area (Å²) >= 11 is 0. The maximum Gasteiger partial charge on any atom is 0.317 e. The second kappa shape index (κ2) is 9.61. The number of hydrogen-bond acceptors (Lipinski definition) is 3. The Balaban J connectivity index is 4.21. The highest BCUT2D eigenvalue weighted by atomic mass is 16.5. The van der Waals surface area contributed by atoms with Gasteiger partial charge in [0.1, 0.15) is 0 Å². The Morgan fingerprint density at radius 3 is 2.37 bits per heavy atom. The summed E-state index contributed by atoms with van der Waals surface area (Å²) in [6.07, 6.45) is 0. The molecule has 0 aromatic heterocycles. The maximum absolute atomic E-state index is 11.9. The number of carboxylic acid groups (broad SMARTS) is 1. The van der Waals surface area contributed by atoms with Gasteiger partial charge in [-0.3, -0.25) is 4.79 Å². The highest BCUT2D eigenvalue weighted by molar-refractivity contribution is 5.76. The number of nitrogens with zero attached hydrogens (tertiary/aromatic N) is 1. The number of likely N-dealkylation sites (N-methyl/N-ethyl adjacent to an activating group) is 1. The van der Waals surface area contributed by atoms with E-state index in [1.165, 1.54) is 0 Å².